The van der Waals surface area contributed by atoms with Gasteiger partial charge in [-0.15, -0.1) is 0 Å². The first-order valence-electron chi connectivity index (χ1n) is 12.1. The van der Waals surface area contributed by atoms with Crippen LogP contribution in [-0.4, -0.2) is 61.7 Å². The van der Waals surface area contributed by atoms with Gasteiger partial charge in [-0.1, -0.05) is 23.7 Å². The summed E-state index contributed by atoms with van der Waals surface area (Å²) < 4.78 is 17.1. The number of ether oxygens (including phenoxy) is 2. The van der Waals surface area contributed by atoms with Gasteiger partial charge in [0.25, 0.3) is 5.91 Å². The lowest BCUT2D eigenvalue weighted by Crippen LogP contribution is -2.38. The lowest BCUT2D eigenvalue weighted by molar-refractivity contribution is 0.0353. The maximum absolute atomic E-state index is 13.7. The van der Waals surface area contributed by atoms with Crippen LogP contribution in [0, 0.1) is 6.92 Å². The van der Waals surface area contributed by atoms with E-state index < -0.39 is 6.04 Å². The zero-order valence-electron chi connectivity index (χ0n) is 20.0. The molecule has 5 rings (SSSR count). The summed E-state index contributed by atoms with van der Waals surface area (Å²) >= 11 is 6.33. The van der Waals surface area contributed by atoms with Crippen molar-refractivity contribution >= 4 is 28.5 Å². The first-order chi connectivity index (χ1) is 17.0. The molecule has 184 valence electrons. The quantitative estimate of drug-likeness (QED) is 0.482. The average molecular weight is 497 g/mol. The fourth-order valence-electron chi connectivity index (χ4n) is 4.92. The third-order valence-electron chi connectivity index (χ3n) is 6.73. The molecule has 1 fully saturated rings. The number of carbonyl (C=O) groups excluding carboxylic acids is 1. The molecule has 7 nitrogen and oxygen atoms in total. The minimum absolute atomic E-state index is 0.120. The molecule has 2 aromatic carbocycles. The third kappa shape index (κ3) is 4.56. The van der Waals surface area contributed by atoms with Crippen molar-refractivity contribution in [3.63, 3.8) is 0 Å². The number of aryl methyl sites for hydroxylation is 1. The van der Waals surface area contributed by atoms with Gasteiger partial charge in [0.2, 0.25) is 5.76 Å². The number of fused-ring (bicyclic) bond motifs is 2. The maximum atomic E-state index is 13.7. The summed E-state index contributed by atoms with van der Waals surface area (Å²) in [5.74, 6) is 0.606. The van der Waals surface area contributed by atoms with Crippen LogP contribution in [0.25, 0.3) is 11.0 Å². The van der Waals surface area contributed by atoms with Crippen LogP contribution >= 0.6 is 11.6 Å². The van der Waals surface area contributed by atoms with Gasteiger partial charge in [-0.25, -0.2) is 0 Å². The summed E-state index contributed by atoms with van der Waals surface area (Å²) in [4.78, 5) is 31.4. The smallest absolute Gasteiger partial charge is 0.290 e. The van der Waals surface area contributed by atoms with E-state index in [9.17, 15) is 9.59 Å². The molecule has 3 heterocycles. The molecule has 3 aromatic rings. The van der Waals surface area contributed by atoms with Gasteiger partial charge >= 0.3 is 0 Å². The van der Waals surface area contributed by atoms with Gasteiger partial charge < -0.3 is 18.8 Å². The molecular weight excluding hydrogens is 468 g/mol. The van der Waals surface area contributed by atoms with Gasteiger partial charge in [0.05, 0.1) is 36.8 Å². The molecule has 1 aromatic heterocycles. The molecule has 0 aliphatic carbocycles. The zero-order chi connectivity index (χ0) is 24.5. The summed E-state index contributed by atoms with van der Waals surface area (Å²) in [6, 6.07) is 10.4. The van der Waals surface area contributed by atoms with E-state index in [0.717, 1.165) is 56.1 Å². The standard InChI is InChI=1S/C27H29ClN2O5/c1-3-34-19-7-5-18(6-8-19)24-23-25(31)20-16-21(28)17(2)15-22(20)35-26(23)27(32)30(24)10-4-9-29-11-13-33-14-12-29/h5-8,15-16,24H,3-4,9-14H2,1-2H3. The molecule has 0 spiro atoms. The lowest BCUT2D eigenvalue weighted by atomic mass is 9.98. The summed E-state index contributed by atoms with van der Waals surface area (Å²) in [6.07, 6.45) is 0.784. The number of rotatable bonds is 7. The van der Waals surface area contributed by atoms with E-state index in [1.165, 1.54) is 0 Å². The van der Waals surface area contributed by atoms with Gasteiger partial charge in [0.1, 0.15) is 11.3 Å². The fraction of sp³-hybridized carbons (Fsp3) is 0.407. The SMILES string of the molecule is CCOc1ccc(C2c3c(oc4cc(C)c(Cl)cc4c3=O)C(=O)N2CCCN2CCOCC2)cc1. The maximum Gasteiger partial charge on any atom is 0.290 e. The molecule has 1 atom stereocenters. The Hall–Kier alpha value is -2.87. The summed E-state index contributed by atoms with van der Waals surface area (Å²) in [5.41, 5.74) is 2.17. The number of halogens is 1. The summed E-state index contributed by atoms with van der Waals surface area (Å²) in [7, 11) is 0. The minimum Gasteiger partial charge on any atom is -0.494 e. The molecule has 8 heteroatoms. The Balaban J connectivity index is 1.54. The largest absolute Gasteiger partial charge is 0.494 e. The highest BCUT2D eigenvalue weighted by atomic mass is 35.5. The van der Waals surface area contributed by atoms with Gasteiger partial charge in [-0.05, 0) is 55.7 Å². The number of amides is 1. The molecule has 1 unspecified atom stereocenters. The summed E-state index contributed by atoms with van der Waals surface area (Å²) in [6.45, 7) is 8.95. The van der Waals surface area contributed by atoms with Crippen LogP contribution in [0.4, 0.5) is 0 Å². The molecule has 0 saturated carbocycles. The summed E-state index contributed by atoms with van der Waals surface area (Å²) in [5, 5.41) is 0.882. The molecule has 0 bridgehead atoms. The second-order valence-corrected chi connectivity index (χ2v) is 9.39. The Morgan fingerprint density at radius 3 is 2.54 bits per heavy atom. The molecular formula is C27H29ClN2O5. The Labute approximate surface area is 209 Å². The molecule has 35 heavy (non-hydrogen) atoms. The Morgan fingerprint density at radius 2 is 1.83 bits per heavy atom. The van der Waals surface area contributed by atoms with Crippen LogP contribution in [0.5, 0.6) is 5.75 Å². The van der Waals surface area contributed by atoms with Crippen LogP contribution in [0.15, 0.2) is 45.6 Å². The van der Waals surface area contributed by atoms with Crippen LogP contribution < -0.4 is 10.2 Å². The number of carbonyl (C=O) groups is 1. The third-order valence-corrected chi connectivity index (χ3v) is 7.14. The van der Waals surface area contributed by atoms with Crippen LogP contribution in [0.1, 0.15) is 46.6 Å². The van der Waals surface area contributed by atoms with Crippen molar-refractivity contribution in [2.75, 3.05) is 46.0 Å². The van der Waals surface area contributed by atoms with E-state index in [1.54, 1.807) is 17.0 Å². The zero-order valence-corrected chi connectivity index (χ0v) is 20.8. The Kier molecular flexibility index (Phi) is 6.82. The molecule has 2 aliphatic heterocycles. The normalized spacial score (nSPS) is 18.3. The lowest BCUT2D eigenvalue weighted by Gasteiger charge is -2.29. The van der Waals surface area contributed by atoms with E-state index >= 15 is 0 Å². The molecule has 1 saturated heterocycles. The van der Waals surface area contributed by atoms with Crippen molar-refractivity contribution < 1.29 is 18.7 Å². The predicted octanol–water partition coefficient (Wildman–Crippen LogP) is 4.42. The highest BCUT2D eigenvalue weighted by molar-refractivity contribution is 6.32. The van der Waals surface area contributed by atoms with Crippen molar-refractivity contribution in [3.05, 3.63) is 74.1 Å². The minimum atomic E-state index is -0.529. The van der Waals surface area contributed by atoms with E-state index in [2.05, 4.69) is 4.90 Å². The monoisotopic (exact) mass is 496 g/mol. The highest BCUT2D eigenvalue weighted by Gasteiger charge is 2.42. The molecule has 0 radical (unpaired) electrons. The van der Waals surface area contributed by atoms with Gasteiger partial charge in [-0.3, -0.25) is 14.5 Å². The number of hydrogen-bond acceptors (Lipinski definition) is 6. The average Bonchev–Trinajstić information content (AvgIpc) is 3.14. The first kappa shape index (κ1) is 23.9. The van der Waals surface area contributed by atoms with Crippen molar-refractivity contribution in [2.45, 2.75) is 26.3 Å². The van der Waals surface area contributed by atoms with Gasteiger partial charge in [0, 0.05) is 31.2 Å². The number of morpholine rings is 1. The molecule has 1 amide bonds. The number of benzene rings is 2. The van der Waals surface area contributed by atoms with E-state index in [-0.39, 0.29) is 17.1 Å². The van der Waals surface area contributed by atoms with Crippen molar-refractivity contribution in [3.8, 4) is 5.75 Å². The Morgan fingerprint density at radius 1 is 1.09 bits per heavy atom. The van der Waals surface area contributed by atoms with Crippen molar-refractivity contribution in [2.24, 2.45) is 0 Å². The van der Waals surface area contributed by atoms with E-state index in [4.69, 9.17) is 25.5 Å². The van der Waals surface area contributed by atoms with E-state index in [0.29, 0.717) is 34.7 Å². The topological polar surface area (TPSA) is 72.2 Å². The Bertz CT molecular complexity index is 1300. The van der Waals surface area contributed by atoms with Gasteiger partial charge in [0.15, 0.2) is 5.43 Å². The van der Waals surface area contributed by atoms with Gasteiger partial charge in [-0.2, -0.15) is 0 Å². The molecule has 2 aliphatic rings. The second-order valence-electron chi connectivity index (χ2n) is 8.98. The van der Waals surface area contributed by atoms with Crippen LogP contribution in [0.2, 0.25) is 5.02 Å². The number of hydrogen-bond donors (Lipinski definition) is 0. The number of nitrogens with zero attached hydrogens (tertiary/aromatic N) is 2. The highest BCUT2D eigenvalue weighted by Crippen LogP contribution is 2.39. The van der Waals surface area contributed by atoms with E-state index in [1.807, 2.05) is 38.1 Å². The van der Waals surface area contributed by atoms with Crippen LogP contribution in [-0.2, 0) is 4.74 Å². The van der Waals surface area contributed by atoms with Crippen molar-refractivity contribution in [1.29, 1.82) is 0 Å². The van der Waals surface area contributed by atoms with Crippen molar-refractivity contribution in [1.82, 2.24) is 9.80 Å². The molecule has 0 N–H and O–H groups in total. The van der Waals surface area contributed by atoms with Crippen LogP contribution in [0.3, 0.4) is 0 Å². The second kappa shape index (κ2) is 10.0. The first-order valence-corrected chi connectivity index (χ1v) is 12.5. The fourth-order valence-corrected chi connectivity index (χ4v) is 5.08. The predicted molar refractivity (Wildman–Crippen MR) is 135 cm³/mol.